The molecule has 0 saturated carbocycles. The fraction of sp³-hybridized carbons (Fsp3) is 0.267. The number of nitrogens with one attached hydrogen (secondary N) is 1. The summed E-state index contributed by atoms with van der Waals surface area (Å²) in [4.78, 5) is 4.48. The van der Waals surface area contributed by atoms with Gasteiger partial charge in [-0.3, -0.25) is 4.99 Å². The average molecular weight is 272 g/mol. The molecule has 0 saturated heterocycles. The van der Waals surface area contributed by atoms with Crippen molar-refractivity contribution < 1.29 is 4.74 Å². The highest BCUT2D eigenvalue weighted by atomic mass is 32.2. The zero-order valence-electron chi connectivity index (χ0n) is 10.8. The standard InChI is InChI=1S/C15H16N2OS/c1-2-18-14-10-16-15(19-14)17-13-9-5-7-11-6-3-4-8-12(11)13/h3-9,14H,2,10H2,1H3,(H,16,17). The van der Waals surface area contributed by atoms with Crippen molar-refractivity contribution in [2.75, 3.05) is 18.5 Å². The molecule has 0 amide bonds. The van der Waals surface area contributed by atoms with Gasteiger partial charge in [-0.05, 0) is 18.4 Å². The Bertz CT molecular complexity index is 607. The molecule has 3 nitrogen and oxygen atoms in total. The summed E-state index contributed by atoms with van der Waals surface area (Å²) in [6, 6.07) is 14.6. The molecule has 1 atom stereocenters. The molecule has 4 heteroatoms. The molecule has 0 radical (unpaired) electrons. The summed E-state index contributed by atoms with van der Waals surface area (Å²) >= 11 is 1.66. The van der Waals surface area contributed by atoms with Crippen LogP contribution in [0.1, 0.15) is 6.92 Å². The third-order valence-electron chi connectivity index (χ3n) is 3.01. The number of ether oxygens (including phenoxy) is 1. The summed E-state index contributed by atoms with van der Waals surface area (Å²) in [6.45, 7) is 3.47. The van der Waals surface area contributed by atoms with E-state index in [2.05, 4.69) is 52.8 Å². The molecule has 2 aromatic carbocycles. The van der Waals surface area contributed by atoms with Crippen LogP contribution in [0.3, 0.4) is 0 Å². The molecule has 1 aliphatic rings. The van der Waals surface area contributed by atoms with Gasteiger partial charge in [0.25, 0.3) is 0 Å². The van der Waals surface area contributed by atoms with Gasteiger partial charge in [0, 0.05) is 17.7 Å². The lowest BCUT2D eigenvalue weighted by molar-refractivity contribution is 0.133. The first-order chi connectivity index (χ1) is 9.36. The van der Waals surface area contributed by atoms with Crippen LogP contribution in [0.25, 0.3) is 10.8 Å². The van der Waals surface area contributed by atoms with Gasteiger partial charge in [0.2, 0.25) is 0 Å². The van der Waals surface area contributed by atoms with Crippen molar-refractivity contribution >= 4 is 33.4 Å². The van der Waals surface area contributed by atoms with Crippen molar-refractivity contribution in [3.8, 4) is 0 Å². The van der Waals surface area contributed by atoms with Crippen LogP contribution < -0.4 is 5.32 Å². The van der Waals surface area contributed by atoms with Crippen LogP contribution in [0, 0.1) is 0 Å². The second-order valence-electron chi connectivity index (χ2n) is 4.30. The van der Waals surface area contributed by atoms with Crippen LogP contribution in [0.15, 0.2) is 47.5 Å². The quantitative estimate of drug-likeness (QED) is 0.924. The van der Waals surface area contributed by atoms with Crippen LogP contribution in [-0.2, 0) is 4.74 Å². The van der Waals surface area contributed by atoms with Gasteiger partial charge < -0.3 is 10.1 Å². The van der Waals surface area contributed by atoms with Gasteiger partial charge in [0.15, 0.2) is 5.17 Å². The Morgan fingerprint density at radius 2 is 2.11 bits per heavy atom. The summed E-state index contributed by atoms with van der Waals surface area (Å²) in [5.74, 6) is 0. The monoisotopic (exact) mass is 272 g/mol. The summed E-state index contributed by atoms with van der Waals surface area (Å²) in [5.41, 5.74) is 1.25. The molecule has 3 rings (SSSR count). The Morgan fingerprint density at radius 3 is 3.00 bits per heavy atom. The van der Waals surface area contributed by atoms with Crippen molar-refractivity contribution in [2.45, 2.75) is 12.4 Å². The Kier molecular flexibility index (Phi) is 3.71. The molecule has 0 bridgehead atoms. The minimum absolute atomic E-state index is 0.155. The molecule has 1 N–H and O–H groups in total. The Hall–Kier alpha value is -1.52. The third kappa shape index (κ3) is 2.74. The van der Waals surface area contributed by atoms with Crippen molar-refractivity contribution in [3.05, 3.63) is 42.5 Å². The van der Waals surface area contributed by atoms with E-state index in [4.69, 9.17) is 4.74 Å². The van der Waals surface area contributed by atoms with E-state index in [0.29, 0.717) is 0 Å². The maximum absolute atomic E-state index is 5.57. The van der Waals surface area contributed by atoms with E-state index in [0.717, 1.165) is 24.0 Å². The van der Waals surface area contributed by atoms with E-state index in [1.807, 2.05) is 6.92 Å². The first kappa shape index (κ1) is 12.5. The summed E-state index contributed by atoms with van der Waals surface area (Å²) in [5, 5.41) is 6.79. The number of hydrogen-bond acceptors (Lipinski definition) is 4. The highest BCUT2D eigenvalue weighted by Gasteiger charge is 2.19. The molecule has 0 fully saturated rings. The van der Waals surface area contributed by atoms with Crippen molar-refractivity contribution in [1.29, 1.82) is 0 Å². The molecule has 0 aromatic heterocycles. The van der Waals surface area contributed by atoms with E-state index < -0.39 is 0 Å². The molecule has 19 heavy (non-hydrogen) atoms. The molecule has 0 spiro atoms. The first-order valence-electron chi connectivity index (χ1n) is 6.44. The lowest BCUT2D eigenvalue weighted by atomic mass is 10.1. The van der Waals surface area contributed by atoms with E-state index in [-0.39, 0.29) is 5.44 Å². The van der Waals surface area contributed by atoms with E-state index in [1.54, 1.807) is 11.8 Å². The van der Waals surface area contributed by atoms with Crippen molar-refractivity contribution in [1.82, 2.24) is 0 Å². The Labute approximate surface area is 117 Å². The molecule has 1 heterocycles. The number of nitrogens with zero attached hydrogens (tertiary/aromatic N) is 1. The molecular formula is C15H16N2OS. The normalized spacial score (nSPS) is 18.6. The maximum atomic E-state index is 5.57. The number of hydrogen-bond donors (Lipinski definition) is 1. The fourth-order valence-electron chi connectivity index (χ4n) is 2.15. The third-order valence-corrected chi connectivity index (χ3v) is 4.01. The van der Waals surface area contributed by atoms with Gasteiger partial charge in [0.1, 0.15) is 5.44 Å². The Morgan fingerprint density at radius 1 is 1.26 bits per heavy atom. The molecule has 1 unspecified atom stereocenters. The predicted octanol–water partition coefficient (Wildman–Crippen LogP) is 3.72. The SMILES string of the molecule is CCOC1CN=C(Nc2cccc3ccccc23)S1. The van der Waals surface area contributed by atoms with Gasteiger partial charge in [-0.25, -0.2) is 0 Å². The van der Waals surface area contributed by atoms with E-state index in [1.165, 1.54) is 10.8 Å². The second-order valence-corrected chi connectivity index (χ2v) is 5.45. The lowest BCUT2D eigenvalue weighted by Crippen LogP contribution is -2.10. The largest absolute Gasteiger partial charge is 0.365 e. The van der Waals surface area contributed by atoms with Crippen LogP contribution in [0.4, 0.5) is 5.69 Å². The summed E-state index contributed by atoms with van der Waals surface area (Å²) < 4.78 is 5.57. The zero-order valence-corrected chi connectivity index (χ0v) is 11.6. The summed E-state index contributed by atoms with van der Waals surface area (Å²) in [7, 11) is 0. The van der Waals surface area contributed by atoms with Crippen LogP contribution in [0.2, 0.25) is 0 Å². The molecule has 2 aromatic rings. The number of benzene rings is 2. The number of anilines is 1. The van der Waals surface area contributed by atoms with E-state index >= 15 is 0 Å². The minimum atomic E-state index is 0.155. The average Bonchev–Trinajstić information content (AvgIpc) is 2.87. The minimum Gasteiger partial charge on any atom is -0.365 e. The van der Waals surface area contributed by atoms with Crippen LogP contribution >= 0.6 is 11.8 Å². The number of amidine groups is 1. The Balaban J connectivity index is 1.79. The number of aliphatic imine (C=N–C) groups is 1. The highest BCUT2D eigenvalue weighted by Crippen LogP contribution is 2.27. The number of thioether (sulfide) groups is 1. The van der Waals surface area contributed by atoms with Gasteiger partial charge in [0.05, 0.1) is 6.54 Å². The van der Waals surface area contributed by atoms with Crippen LogP contribution in [0.5, 0.6) is 0 Å². The molecule has 98 valence electrons. The topological polar surface area (TPSA) is 33.6 Å². The van der Waals surface area contributed by atoms with Crippen molar-refractivity contribution in [2.24, 2.45) is 4.99 Å². The smallest absolute Gasteiger partial charge is 0.163 e. The number of rotatable bonds is 3. The van der Waals surface area contributed by atoms with Gasteiger partial charge in [-0.2, -0.15) is 0 Å². The second kappa shape index (κ2) is 5.63. The molecule has 0 aliphatic carbocycles. The van der Waals surface area contributed by atoms with Gasteiger partial charge in [-0.1, -0.05) is 48.2 Å². The summed E-state index contributed by atoms with van der Waals surface area (Å²) in [6.07, 6.45) is 0. The maximum Gasteiger partial charge on any atom is 0.163 e. The zero-order chi connectivity index (χ0) is 13.1. The number of fused-ring (bicyclic) bond motifs is 1. The predicted molar refractivity (Wildman–Crippen MR) is 82.9 cm³/mol. The van der Waals surface area contributed by atoms with E-state index in [9.17, 15) is 0 Å². The molecular weight excluding hydrogens is 256 g/mol. The molecule has 1 aliphatic heterocycles. The van der Waals surface area contributed by atoms with Gasteiger partial charge >= 0.3 is 0 Å². The van der Waals surface area contributed by atoms with Crippen molar-refractivity contribution in [3.63, 3.8) is 0 Å². The highest BCUT2D eigenvalue weighted by molar-refractivity contribution is 8.14. The fourth-order valence-corrected chi connectivity index (χ4v) is 3.07. The van der Waals surface area contributed by atoms with Gasteiger partial charge in [-0.15, -0.1) is 0 Å². The lowest BCUT2D eigenvalue weighted by Gasteiger charge is -2.10. The van der Waals surface area contributed by atoms with Crippen LogP contribution in [-0.4, -0.2) is 23.8 Å². The first-order valence-corrected chi connectivity index (χ1v) is 7.32.